The van der Waals surface area contributed by atoms with E-state index in [0.29, 0.717) is 5.92 Å². The molecule has 2 aliphatic rings. The van der Waals surface area contributed by atoms with Gasteiger partial charge in [0.25, 0.3) is 5.91 Å². The van der Waals surface area contributed by atoms with Gasteiger partial charge in [-0.3, -0.25) is 4.79 Å². The predicted molar refractivity (Wildman–Crippen MR) is 74.7 cm³/mol. The number of piperidine rings is 1. The van der Waals surface area contributed by atoms with E-state index in [2.05, 4.69) is 15.2 Å². The molecule has 3 rings (SSSR count). The minimum atomic E-state index is -4.68. The first-order chi connectivity index (χ1) is 10.3. The number of fused-ring (bicyclic) bond motifs is 2. The van der Waals surface area contributed by atoms with Crippen LogP contribution in [0.15, 0.2) is 12.1 Å². The van der Waals surface area contributed by atoms with Crippen molar-refractivity contribution in [3.8, 4) is 0 Å². The summed E-state index contributed by atoms with van der Waals surface area (Å²) in [7, 11) is 0. The number of pyridine rings is 1. The molecule has 2 bridgehead atoms. The van der Waals surface area contributed by atoms with Crippen molar-refractivity contribution in [3.05, 3.63) is 28.5 Å². The van der Waals surface area contributed by atoms with Crippen LogP contribution >= 0.6 is 11.6 Å². The van der Waals surface area contributed by atoms with Crippen LogP contribution in [0.2, 0.25) is 5.02 Å². The Labute approximate surface area is 130 Å². The molecule has 8 heteroatoms. The Morgan fingerprint density at radius 3 is 2.82 bits per heavy atom. The summed E-state index contributed by atoms with van der Waals surface area (Å²) in [5, 5.41) is 2.27. The van der Waals surface area contributed by atoms with Gasteiger partial charge in [0, 0.05) is 19.1 Å². The molecule has 0 spiro atoms. The minimum Gasteiger partial charge on any atom is -0.347 e. The number of nitrogens with one attached hydrogen (secondary N) is 1. The topological polar surface area (TPSA) is 45.2 Å². The van der Waals surface area contributed by atoms with Crippen LogP contribution in [-0.2, 0) is 6.18 Å². The Balaban J connectivity index is 1.72. The molecule has 1 aromatic rings. The molecule has 0 saturated carbocycles. The van der Waals surface area contributed by atoms with Gasteiger partial charge in [-0.25, -0.2) is 4.98 Å². The number of hydrogen-bond donors (Lipinski definition) is 1. The summed E-state index contributed by atoms with van der Waals surface area (Å²) in [4.78, 5) is 17.8. The molecule has 0 aromatic carbocycles. The van der Waals surface area contributed by atoms with Crippen molar-refractivity contribution >= 4 is 17.5 Å². The van der Waals surface area contributed by atoms with Crippen LogP contribution in [0.5, 0.6) is 0 Å². The van der Waals surface area contributed by atoms with Crippen LogP contribution in [0.1, 0.15) is 29.0 Å². The van der Waals surface area contributed by atoms with Gasteiger partial charge in [-0.05, 0) is 37.4 Å². The summed E-state index contributed by atoms with van der Waals surface area (Å²) < 4.78 is 38.3. The number of rotatable bonds is 2. The second kappa shape index (κ2) is 5.70. The van der Waals surface area contributed by atoms with E-state index in [9.17, 15) is 18.0 Å². The van der Waals surface area contributed by atoms with Gasteiger partial charge in [0.05, 0.1) is 5.02 Å². The number of carbonyl (C=O) groups is 1. The zero-order valence-corrected chi connectivity index (χ0v) is 12.4. The smallest absolute Gasteiger partial charge is 0.347 e. The average Bonchev–Trinajstić information content (AvgIpc) is 2.77. The van der Waals surface area contributed by atoms with Crippen LogP contribution in [0.4, 0.5) is 13.2 Å². The zero-order chi connectivity index (χ0) is 15.9. The monoisotopic (exact) mass is 333 g/mol. The summed E-state index contributed by atoms with van der Waals surface area (Å²) >= 11 is 5.50. The highest BCUT2D eigenvalue weighted by Crippen LogP contribution is 2.33. The molecule has 4 nitrogen and oxygen atoms in total. The molecule has 1 aromatic heterocycles. The Morgan fingerprint density at radius 1 is 1.36 bits per heavy atom. The quantitative estimate of drug-likeness (QED) is 0.905. The van der Waals surface area contributed by atoms with E-state index in [1.54, 1.807) is 0 Å². The minimum absolute atomic E-state index is 0.0411. The number of carbonyl (C=O) groups excluding carboxylic acids is 1. The lowest BCUT2D eigenvalue weighted by molar-refractivity contribution is -0.141. The van der Waals surface area contributed by atoms with E-state index in [4.69, 9.17) is 11.6 Å². The molecular weight excluding hydrogens is 319 g/mol. The second-order valence-corrected chi connectivity index (χ2v) is 6.25. The van der Waals surface area contributed by atoms with Gasteiger partial charge in [-0.2, -0.15) is 13.2 Å². The number of halogens is 4. The maximum atomic E-state index is 12.8. The van der Waals surface area contributed by atoms with Gasteiger partial charge in [-0.1, -0.05) is 11.6 Å². The largest absolute Gasteiger partial charge is 0.434 e. The first-order valence-electron chi connectivity index (χ1n) is 7.10. The van der Waals surface area contributed by atoms with Gasteiger partial charge >= 0.3 is 6.18 Å². The molecule has 2 saturated heterocycles. The van der Waals surface area contributed by atoms with E-state index < -0.39 is 22.8 Å². The zero-order valence-electron chi connectivity index (χ0n) is 11.7. The highest BCUT2D eigenvalue weighted by Gasteiger charge is 2.37. The van der Waals surface area contributed by atoms with Gasteiger partial charge in [-0.15, -0.1) is 0 Å². The standard InChI is InChI=1S/C14H15ClF3N3O/c15-10-1-2-11(20-12(10)14(16,17)18)13(22)19-9-5-8-3-4-21(6-8)7-9/h1-2,8-9H,3-7H2,(H,19,22). The van der Waals surface area contributed by atoms with Crippen LogP contribution < -0.4 is 5.32 Å². The second-order valence-electron chi connectivity index (χ2n) is 5.85. The molecule has 3 heterocycles. The third-order valence-electron chi connectivity index (χ3n) is 4.15. The Bertz CT molecular complexity index is 581. The summed E-state index contributed by atoms with van der Waals surface area (Å²) in [6.07, 6.45) is -2.70. The van der Waals surface area contributed by atoms with Gasteiger partial charge < -0.3 is 10.2 Å². The van der Waals surface area contributed by atoms with E-state index in [1.807, 2.05) is 0 Å². The van der Waals surface area contributed by atoms with Crippen molar-refractivity contribution in [1.29, 1.82) is 0 Å². The van der Waals surface area contributed by atoms with E-state index in [1.165, 1.54) is 6.07 Å². The highest BCUT2D eigenvalue weighted by molar-refractivity contribution is 6.31. The highest BCUT2D eigenvalue weighted by atomic mass is 35.5. The fourth-order valence-electron chi connectivity index (χ4n) is 3.19. The van der Waals surface area contributed by atoms with Crippen molar-refractivity contribution < 1.29 is 18.0 Å². The maximum Gasteiger partial charge on any atom is 0.434 e. The lowest BCUT2D eigenvalue weighted by atomic mass is 9.97. The number of alkyl halides is 3. The Kier molecular flexibility index (Phi) is 4.03. The number of amides is 1. The normalized spacial score (nSPS) is 27.7. The number of hydrogen-bond acceptors (Lipinski definition) is 3. The van der Waals surface area contributed by atoms with Crippen molar-refractivity contribution in [2.75, 3.05) is 19.6 Å². The number of aromatic nitrogens is 1. The van der Waals surface area contributed by atoms with Crippen molar-refractivity contribution in [1.82, 2.24) is 15.2 Å². The van der Waals surface area contributed by atoms with E-state index in [0.717, 1.165) is 38.5 Å². The molecule has 2 aliphatic heterocycles. The third-order valence-corrected chi connectivity index (χ3v) is 4.45. The van der Waals surface area contributed by atoms with Crippen LogP contribution in [-0.4, -0.2) is 41.5 Å². The molecule has 22 heavy (non-hydrogen) atoms. The van der Waals surface area contributed by atoms with Gasteiger partial charge in [0.15, 0.2) is 5.69 Å². The summed E-state index contributed by atoms with van der Waals surface area (Å²) in [6, 6.07) is 2.23. The van der Waals surface area contributed by atoms with E-state index in [-0.39, 0.29) is 11.7 Å². The van der Waals surface area contributed by atoms with Crippen molar-refractivity contribution in [3.63, 3.8) is 0 Å². The first-order valence-corrected chi connectivity index (χ1v) is 7.47. The van der Waals surface area contributed by atoms with Crippen molar-refractivity contribution in [2.24, 2.45) is 5.92 Å². The molecule has 1 amide bonds. The molecule has 3 unspecified atom stereocenters. The Morgan fingerprint density at radius 2 is 2.14 bits per heavy atom. The lowest BCUT2D eigenvalue weighted by Crippen LogP contribution is -2.47. The summed E-state index contributed by atoms with van der Waals surface area (Å²) in [6.45, 7) is 2.81. The fraction of sp³-hybridized carbons (Fsp3) is 0.571. The van der Waals surface area contributed by atoms with Gasteiger partial charge in [0.2, 0.25) is 0 Å². The van der Waals surface area contributed by atoms with Crippen molar-refractivity contribution in [2.45, 2.75) is 25.1 Å². The molecule has 1 N–H and O–H groups in total. The fourth-order valence-corrected chi connectivity index (χ4v) is 3.40. The van der Waals surface area contributed by atoms with Gasteiger partial charge in [0.1, 0.15) is 5.69 Å². The molecule has 2 fully saturated rings. The number of nitrogens with zero attached hydrogens (tertiary/aromatic N) is 2. The molecule has 120 valence electrons. The van der Waals surface area contributed by atoms with Crippen LogP contribution in [0, 0.1) is 5.92 Å². The SMILES string of the molecule is O=C(NC1CC2CCN(C2)C1)c1ccc(Cl)c(C(F)(F)F)n1. The molecule has 3 atom stereocenters. The van der Waals surface area contributed by atoms with Crippen LogP contribution in [0.25, 0.3) is 0 Å². The predicted octanol–water partition coefficient (Wildman–Crippen LogP) is 2.58. The van der Waals surface area contributed by atoms with E-state index >= 15 is 0 Å². The third kappa shape index (κ3) is 3.20. The Hall–Kier alpha value is -1.34. The summed E-state index contributed by atoms with van der Waals surface area (Å²) in [5.41, 5.74) is -1.49. The lowest BCUT2D eigenvalue weighted by Gasteiger charge is -2.30. The van der Waals surface area contributed by atoms with Crippen LogP contribution in [0.3, 0.4) is 0 Å². The molecular formula is C14H15ClF3N3O. The molecule has 0 radical (unpaired) electrons. The first kappa shape index (κ1) is 15.6. The maximum absolute atomic E-state index is 12.8. The summed E-state index contributed by atoms with van der Waals surface area (Å²) in [5.74, 6) is -0.0300. The molecule has 0 aliphatic carbocycles. The average molecular weight is 334 g/mol.